The molecule has 0 aromatic heterocycles. The average Bonchev–Trinajstić information content (AvgIpc) is 2.36. The van der Waals surface area contributed by atoms with Gasteiger partial charge in [-0.3, -0.25) is 9.69 Å². The molecule has 1 aromatic rings. The van der Waals surface area contributed by atoms with Crippen LogP contribution < -0.4 is 5.32 Å². The molecule has 1 aromatic carbocycles. The maximum absolute atomic E-state index is 12.2. The SMILES string of the molecule is CCc1ccc(NC(=O)C(C)N(C)CC(C)(C)O)cc1. The Morgan fingerprint density at radius 2 is 1.90 bits per heavy atom. The molecule has 0 aliphatic heterocycles. The van der Waals surface area contributed by atoms with Gasteiger partial charge in [0.25, 0.3) is 0 Å². The van der Waals surface area contributed by atoms with E-state index in [9.17, 15) is 9.90 Å². The number of likely N-dealkylation sites (N-methyl/N-ethyl adjacent to an activating group) is 1. The molecule has 0 saturated carbocycles. The van der Waals surface area contributed by atoms with E-state index in [1.165, 1.54) is 5.56 Å². The number of nitrogens with one attached hydrogen (secondary N) is 1. The van der Waals surface area contributed by atoms with Crippen molar-refractivity contribution in [2.45, 2.75) is 45.8 Å². The summed E-state index contributed by atoms with van der Waals surface area (Å²) in [5.41, 5.74) is 1.23. The number of benzene rings is 1. The zero-order chi connectivity index (χ0) is 15.3. The van der Waals surface area contributed by atoms with E-state index in [1.54, 1.807) is 13.8 Å². The molecule has 0 aliphatic carbocycles. The lowest BCUT2D eigenvalue weighted by Gasteiger charge is -2.29. The molecule has 0 bridgehead atoms. The number of hydrogen-bond acceptors (Lipinski definition) is 3. The third kappa shape index (κ3) is 5.31. The molecule has 0 aliphatic rings. The predicted molar refractivity (Wildman–Crippen MR) is 82.8 cm³/mol. The summed E-state index contributed by atoms with van der Waals surface area (Å²) in [7, 11) is 1.84. The average molecular weight is 278 g/mol. The van der Waals surface area contributed by atoms with Crippen LogP contribution in [0.2, 0.25) is 0 Å². The minimum Gasteiger partial charge on any atom is -0.389 e. The number of aliphatic hydroxyl groups is 1. The van der Waals surface area contributed by atoms with Gasteiger partial charge in [0.2, 0.25) is 5.91 Å². The first-order valence-corrected chi connectivity index (χ1v) is 7.05. The van der Waals surface area contributed by atoms with Gasteiger partial charge in [0.15, 0.2) is 0 Å². The highest BCUT2D eigenvalue weighted by molar-refractivity contribution is 5.94. The van der Waals surface area contributed by atoms with Crippen molar-refractivity contribution in [3.63, 3.8) is 0 Å². The van der Waals surface area contributed by atoms with Crippen molar-refractivity contribution in [1.29, 1.82) is 0 Å². The Kier molecular flexibility index (Phi) is 5.72. The third-order valence-corrected chi connectivity index (χ3v) is 3.31. The smallest absolute Gasteiger partial charge is 0.241 e. The van der Waals surface area contributed by atoms with Crippen LogP contribution in [0.1, 0.15) is 33.3 Å². The molecule has 0 spiro atoms. The third-order valence-electron chi connectivity index (χ3n) is 3.31. The normalized spacial score (nSPS) is 13.3. The molecule has 1 rings (SSSR count). The molecular weight excluding hydrogens is 252 g/mol. The zero-order valence-corrected chi connectivity index (χ0v) is 13.1. The Bertz CT molecular complexity index is 435. The minimum atomic E-state index is -0.813. The first-order chi connectivity index (χ1) is 9.23. The van der Waals surface area contributed by atoms with Gasteiger partial charge in [-0.2, -0.15) is 0 Å². The lowest BCUT2D eigenvalue weighted by molar-refractivity contribution is -0.121. The summed E-state index contributed by atoms with van der Waals surface area (Å²) in [5.74, 6) is -0.0685. The second-order valence-electron chi connectivity index (χ2n) is 5.94. The van der Waals surface area contributed by atoms with Crippen LogP contribution in [0.25, 0.3) is 0 Å². The van der Waals surface area contributed by atoms with E-state index in [2.05, 4.69) is 12.2 Å². The number of aryl methyl sites for hydroxylation is 1. The van der Waals surface area contributed by atoms with Gasteiger partial charge in [0, 0.05) is 12.2 Å². The van der Waals surface area contributed by atoms with E-state index < -0.39 is 5.60 Å². The molecular formula is C16H26N2O2. The molecule has 1 atom stereocenters. The van der Waals surface area contributed by atoms with Crippen molar-refractivity contribution >= 4 is 11.6 Å². The molecule has 0 heterocycles. The van der Waals surface area contributed by atoms with Crippen LogP contribution in [-0.2, 0) is 11.2 Å². The molecule has 0 radical (unpaired) electrons. The molecule has 20 heavy (non-hydrogen) atoms. The van der Waals surface area contributed by atoms with Crippen LogP contribution >= 0.6 is 0 Å². The molecule has 4 nitrogen and oxygen atoms in total. The van der Waals surface area contributed by atoms with Crippen LogP contribution in [0.15, 0.2) is 24.3 Å². The Morgan fingerprint density at radius 1 is 1.35 bits per heavy atom. The number of anilines is 1. The van der Waals surface area contributed by atoms with Gasteiger partial charge in [-0.1, -0.05) is 19.1 Å². The Hall–Kier alpha value is -1.39. The van der Waals surface area contributed by atoms with Crippen LogP contribution in [0.3, 0.4) is 0 Å². The summed E-state index contributed by atoms with van der Waals surface area (Å²) >= 11 is 0. The van der Waals surface area contributed by atoms with E-state index in [0.29, 0.717) is 6.54 Å². The van der Waals surface area contributed by atoms with Crippen molar-refractivity contribution in [2.24, 2.45) is 0 Å². The van der Waals surface area contributed by atoms with Gasteiger partial charge < -0.3 is 10.4 Å². The highest BCUT2D eigenvalue weighted by Gasteiger charge is 2.23. The van der Waals surface area contributed by atoms with E-state index in [0.717, 1.165) is 12.1 Å². The maximum Gasteiger partial charge on any atom is 0.241 e. The maximum atomic E-state index is 12.2. The lowest BCUT2D eigenvalue weighted by atomic mass is 10.1. The summed E-state index contributed by atoms with van der Waals surface area (Å²) in [6, 6.07) is 7.56. The fourth-order valence-electron chi connectivity index (χ4n) is 2.02. The fraction of sp³-hybridized carbons (Fsp3) is 0.562. The molecule has 1 amide bonds. The predicted octanol–water partition coefficient (Wildman–Crippen LogP) is 2.28. The number of carbonyl (C=O) groups excluding carboxylic acids is 1. The number of amides is 1. The van der Waals surface area contributed by atoms with E-state index in [4.69, 9.17) is 0 Å². The van der Waals surface area contributed by atoms with Gasteiger partial charge >= 0.3 is 0 Å². The van der Waals surface area contributed by atoms with Crippen LogP contribution in [0.4, 0.5) is 5.69 Å². The summed E-state index contributed by atoms with van der Waals surface area (Å²) < 4.78 is 0. The Morgan fingerprint density at radius 3 is 2.35 bits per heavy atom. The van der Waals surface area contributed by atoms with Crippen LogP contribution in [0.5, 0.6) is 0 Å². The number of hydrogen-bond donors (Lipinski definition) is 2. The molecule has 2 N–H and O–H groups in total. The molecule has 112 valence electrons. The number of rotatable bonds is 6. The van der Waals surface area contributed by atoms with Gasteiger partial charge in [0.1, 0.15) is 0 Å². The van der Waals surface area contributed by atoms with E-state index in [-0.39, 0.29) is 11.9 Å². The minimum absolute atomic E-state index is 0.0685. The summed E-state index contributed by atoms with van der Waals surface area (Å²) in [4.78, 5) is 14.0. The van der Waals surface area contributed by atoms with Crippen molar-refractivity contribution in [3.8, 4) is 0 Å². The first-order valence-electron chi connectivity index (χ1n) is 7.05. The number of carbonyl (C=O) groups is 1. The first kappa shape index (κ1) is 16.7. The summed E-state index contributed by atoms with van der Waals surface area (Å²) in [6.07, 6.45) is 0.985. The molecule has 0 saturated heterocycles. The largest absolute Gasteiger partial charge is 0.389 e. The Labute approximate surface area is 121 Å². The van der Waals surface area contributed by atoms with Crippen LogP contribution in [-0.4, -0.2) is 41.1 Å². The monoisotopic (exact) mass is 278 g/mol. The fourth-order valence-corrected chi connectivity index (χ4v) is 2.02. The standard InChI is InChI=1S/C16H26N2O2/c1-6-13-7-9-14(10-8-13)17-15(19)12(2)18(5)11-16(3,4)20/h7-10,12,20H,6,11H2,1-5H3,(H,17,19). The van der Waals surface area contributed by atoms with Crippen molar-refractivity contribution in [3.05, 3.63) is 29.8 Å². The number of nitrogens with zero attached hydrogens (tertiary/aromatic N) is 1. The summed E-state index contributed by atoms with van der Waals surface area (Å²) in [6.45, 7) is 7.84. The summed E-state index contributed by atoms with van der Waals surface area (Å²) in [5, 5.41) is 12.7. The molecule has 4 heteroatoms. The van der Waals surface area contributed by atoms with Crippen molar-refractivity contribution in [2.75, 3.05) is 18.9 Å². The van der Waals surface area contributed by atoms with Crippen molar-refractivity contribution < 1.29 is 9.90 Å². The zero-order valence-electron chi connectivity index (χ0n) is 13.1. The van der Waals surface area contributed by atoms with Gasteiger partial charge in [0.05, 0.1) is 11.6 Å². The molecule has 0 fully saturated rings. The van der Waals surface area contributed by atoms with E-state index in [1.807, 2.05) is 43.1 Å². The van der Waals surface area contributed by atoms with Gasteiger partial charge in [-0.05, 0) is 51.9 Å². The quantitative estimate of drug-likeness (QED) is 0.839. The highest BCUT2D eigenvalue weighted by Crippen LogP contribution is 2.12. The van der Waals surface area contributed by atoms with Gasteiger partial charge in [-0.15, -0.1) is 0 Å². The topological polar surface area (TPSA) is 52.6 Å². The van der Waals surface area contributed by atoms with E-state index >= 15 is 0 Å². The second kappa shape index (κ2) is 6.86. The Balaban J connectivity index is 2.60. The molecule has 1 unspecified atom stereocenters. The highest BCUT2D eigenvalue weighted by atomic mass is 16.3. The lowest BCUT2D eigenvalue weighted by Crippen LogP contribution is -2.46. The van der Waals surface area contributed by atoms with Crippen LogP contribution in [0, 0.1) is 0 Å². The van der Waals surface area contributed by atoms with Gasteiger partial charge in [-0.25, -0.2) is 0 Å². The second-order valence-corrected chi connectivity index (χ2v) is 5.94. The van der Waals surface area contributed by atoms with Crippen molar-refractivity contribution in [1.82, 2.24) is 4.90 Å².